The van der Waals surface area contributed by atoms with Crippen molar-refractivity contribution in [1.29, 1.82) is 0 Å². The van der Waals surface area contributed by atoms with E-state index < -0.39 is 0 Å². The van der Waals surface area contributed by atoms with Crippen LogP contribution in [-0.4, -0.2) is 24.1 Å². The van der Waals surface area contributed by atoms with E-state index >= 15 is 0 Å². The third-order valence-corrected chi connectivity index (χ3v) is 4.20. The Bertz CT molecular complexity index is 660. The molecule has 2 aromatic rings. The van der Waals surface area contributed by atoms with Gasteiger partial charge < -0.3 is 9.72 Å². The van der Waals surface area contributed by atoms with Gasteiger partial charge in [-0.05, 0) is 24.0 Å². The van der Waals surface area contributed by atoms with Crippen molar-refractivity contribution in [3.8, 4) is 0 Å². The maximum Gasteiger partial charge on any atom is 0.323 e. The number of ether oxygens (including phenoxy) is 1. The van der Waals surface area contributed by atoms with Gasteiger partial charge in [0.05, 0.1) is 7.11 Å². The minimum atomic E-state index is -0.259. The molecule has 0 fully saturated rings. The van der Waals surface area contributed by atoms with Crippen molar-refractivity contribution in [2.45, 2.75) is 38.8 Å². The Balaban J connectivity index is 2.05. The summed E-state index contributed by atoms with van der Waals surface area (Å²) in [6.07, 6.45) is 1.67. The Morgan fingerprint density at radius 3 is 2.86 bits per heavy atom. The second kappa shape index (κ2) is 5.53. The highest BCUT2D eigenvalue weighted by Crippen LogP contribution is 2.34. The molecule has 1 aromatic carbocycles. The highest BCUT2D eigenvalue weighted by molar-refractivity contribution is 5.87. The van der Waals surface area contributed by atoms with Crippen LogP contribution in [0.3, 0.4) is 0 Å². The Labute approximate surface area is 124 Å². The molecule has 1 aromatic heterocycles. The Morgan fingerprint density at radius 2 is 2.14 bits per heavy atom. The third-order valence-electron chi connectivity index (χ3n) is 4.20. The first kappa shape index (κ1) is 14.1. The summed E-state index contributed by atoms with van der Waals surface area (Å²) in [5, 5.41) is 4.67. The number of carbonyl (C=O) groups excluding carboxylic acids is 1. The van der Waals surface area contributed by atoms with Gasteiger partial charge in [0, 0.05) is 29.1 Å². The molecule has 2 atom stereocenters. The van der Waals surface area contributed by atoms with E-state index in [9.17, 15) is 4.79 Å². The number of methoxy groups -OCH3 is 1. The number of fused-ring (bicyclic) bond motifs is 3. The molecule has 1 aliphatic heterocycles. The monoisotopic (exact) mass is 286 g/mol. The first-order valence-electron chi connectivity index (χ1n) is 7.53. The molecule has 0 bridgehead atoms. The van der Waals surface area contributed by atoms with Gasteiger partial charge in [-0.2, -0.15) is 0 Å². The standard InChI is InChI=1S/C17H22N2O2/c1-10(2)8-14-16-12(9-15(18-14)17(20)21-3)11-6-4-5-7-13(11)19-16/h4-7,10,14-15,18-19H,8-9H2,1-3H3. The van der Waals surface area contributed by atoms with Crippen LogP contribution in [0.25, 0.3) is 10.9 Å². The van der Waals surface area contributed by atoms with E-state index in [0.717, 1.165) is 11.9 Å². The first-order valence-corrected chi connectivity index (χ1v) is 7.53. The quantitative estimate of drug-likeness (QED) is 0.853. The number of carbonyl (C=O) groups is 1. The number of aromatic nitrogens is 1. The van der Waals surface area contributed by atoms with Crippen LogP contribution in [0.4, 0.5) is 0 Å². The molecule has 0 aliphatic carbocycles. The van der Waals surface area contributed by atoms with E-state index in [1.54, 1.807) is 0 Å². The molecule has 2 N–H and O–H groups in total. The first-order chi connectivity index (χ1) is 10.1. The molecule has 2 heterocycles. The SMILES string of the molecule is COC(=O)C1Cc2c([nH]c3ccccc23)C(CC(C)C)N1. The van der Waals surface area contributed by atoms with Gasteiger partial charge in [-0.25, -0.2) is 0 Å². The van der Waals surface area contributed by atoms with Gasteiger partial charge in [-0.3, -0.25) is 10.1 Å². The second-order valence-electron chi connectivity index (χ2n) is 6.19. The van der Waals surface area contributed by atoms with Crippen LogP contribution >= 0.6 is 0 Å². The number of rotatable bonds is 3. The molecule has 4 nitrogen and oxygen atoms in total. The fourth-order valence-corrected chi connectivity index (χ4v) is 3.28. The molecular formula is C17H22N2O2. The fraction of sp³-hybridized carbons (Fsp3) is 0.471. The summed E-state index contributed by atoms with van der Waals surface area (Å²) in [6, 6.07) is 8.20. The number of H-pyrrole nitrogens is 1. The lowest BCUT2D eigenvalue weighted by Gasteiger charge is -2.31. The molecule has 0 saturated heterocycles. The molecule has 21 heavy (non-hydrogen) atoms. The van der Waals surface area contributed by atoms with Crippen LogP contribution in [0.5, 0.6) is 0 Å². The van der Waals surface area contributed by atoms with Gasteiger partial charge in [0.25, 0.3) is 0 Å². The molecule has 0 spiro atoms. The number of benzene rings is 1. The zero-order valence-electron chi connectivity index (χ0n) is 12.8. The van der Waals surface area contributed by atoms with Gasteiger partial charge in [-0.1, -0.05) is 32.0 Å². The third kappa shape index (κ3) is 2.56. The van der Waals surface area contributed by atoms with Crippen molar-refractivity contribution in [2.24, 2.45) is 5.92 Å². The zero-order valence-corrected chi connectivity index (χ0v) is 12.8. The maximum atomic E-state index is 12.0. The van der Waals surface area contributed by atoms with Crippen LogP contribution in [0, 0.1) is 5.92 Å². The smallest absolute Gasteiger partial charge is 0.323 e. The van der Waals surface area contributed by atoms with Gasteiger partial charge in [-0.15, -0.1) is 0 Å². The Hall–Kier alpha value is -1.81. The van der Waals surface area contributed by atoms with Crippen LogP contribution in [0.1, 0.15) is 37.6 Å². The normalized spacial score (nSPS) is 21.5. The van der Waals surface area contributed by atoms with Crippen LogP contribution in [0.15, 0.2) is 24.3 Å². The summed E-state index contributed by atoms with van der Waals surface area (Å²) in [7, 11) is 1.45. The molecule has 0 amide bonds. The average molecular weight is 286 g/mol. The van der Waals surface area contributed by atoms with E-state index in [1.165, 1.54) is 23.8 Å². The number of hydrogen-bond acceptors (Lipinski definition) is 3. The van der Waals surface area contributed by atoms with Crippen LogP contribution in [0.2, 0.25) is 0 Å². The second-order valence-corrected chi connectivity index (χ2v) is 6.19. The summed E-state index contributed by atoms with van der Waals surface area (Å²) in [4.78, 5) is 15.5. The summed E-state index contributed by atoms with van der Waals surface area (Å²) >= 11 is 0. The average Bonchev–Trinajstić information content (AvgIpc) is 2.85. The predicted octanol–water partition coefficient (Wildman–Crippen LogP) is 2.94. The van der Waals surface area contributed by atoms with Gasteiger partial charge >= 0.3 is 5.97 Å². The summed E-state index contributed by atoms with van der Waals surface area (Å²) in [5.74, 6) is 0.373. The van der Waals surface area contributed by atoms with Gasteiger partial charge in [0.15, 0.2) is 0 Å². The molecule has 4 heteroatoms. The van der Waals surface area contributed by atoms with Crippen LogP contribution < -0.4 is 5.32 Å². The minimum Gasteiger partial charge on any atom is -0.468 e. The van der Waals surface area contributed by atoms with E-state index in [-0.39, 0.29) is 18.1 Å². The van der Waals surface area contributed by atoms with E-state index in [1.807, 2.05) is 12.1 Å². The molecule has 1 aliphatic rings. The fourth-order valence-electron chi connectivity index (χ4n) is 3.28. The summed E-state index contributed by atoms with van der Waals surface area (Å²) in [5.41, 5.74) is 3.62. The van der Waals surface area contributed by atoms with Crippen molar-refractivity contribution in [3.63, 3.8) is 0 Å². The highest BCUT2D eigenvalue weighted by atomic mass is 16.5. The summed E-state index contributed by atoms with van der Waals surface area (Å²) in [6.45, 7) is 4.40. The van der Waals surface area contributed by atoms with Crippen molar-refractivity contribution >= 4 is 16.9 Å². The number of hydrogen-bond donors (Lipinski definition) is 2. The van der Waals surface area contributed by atoms with E-state index in [2.05, 4.69) is 36.3 Å². The van der Waals surface area contributed by atoms with Gasteiger partial charge in [0.1, 0.15) is 6.04 Å². The molecule has 2 unspecified atom stereocenters. The van der Waals surface area contributed by atoms with Crippen molar-refractivity contribution in [1.82, 2.24) is 10.3 Å². The molecule has 112 valence electrons. The number of nitrogens with one attached hydrogen (secondary N) is 2. The number of esters is 1. The lowest BCUT2D eigenvalue weighted by atomic mass is 9.90. The zero-order chi connectivity index (χ0) is 15.0. The van der Waals surface area contributed by atoms with Crippen molar-refractivity contribution in [2.75, 3.05) is 7.11 Å². The highest BCUT2D eigenvalue weighted by Gasteiger charge is 2.33. The number of para-hydroxylation sites is 1. The predicted molar refractivity (Wildman–Crippen MR) is 83.1 cm³/mol. The van der Waals surface area contributed by atoms with E-state index in [0.29, 0.717) is 12.3 Å². The topological polar surface area (TPSA) is 54.1 Å². The minimum absolute atomic E-state index is 0.172. The molecular weight excluding hydrogens is 264 g/mol. The van der Waals surface area contributed by atoms with Gasteiger partial charge in [0.2, 0.25) is 0 Å². The molecule has 0 saturated carbocycles. The van der Waals surface area contributed by atoms with E-state index in [4.69, 9.17) is 4.74 Å². The largest absolute Gasteiger partial charge is 0.468 e. The Kier molecular flexibility index (Phi) is 3.72. The van der Waals surface area contributed by atoms with Crippen molar-refractivity contribution < 1.29 is 9.53 Å². The molecule has 0 radical (unpaired) electrons. The lowest BCUT2D eigenvalue weighted by Crippen LogP contribution is -2.45. The lowest BCUT2D eigenvalue weighted by molar-refractivity contribution is -0.143. The van der Waals surface area contributed by atoms with Crippen molar-refractivity contribution in [3.05, 3.63) is 35.5 Å². The van der Waals surface area contributed by atoms with Crippen LogP contribution in [-0.2, 0) is 16.0 Å². The summed E-state index contributed by atoms with van der Waals surface area (Å²) < 4.78 is 4.94. The molecule has 3 rings (SSSR count). The number of aromatic amines is 1. The maximum absolute atomic E-state index is 12.0. The Morgan fingerprint density at radius 1 is 1.38 bits per heavy atom.